The number of unbranched alkanes of at least 4 members (excludes halogenated alkanes) is 28. The summed E-state index contributed by atoms with van der Waals surface area (Å²) >= 11 is 0. The van der Waals surface area contributed by atoms with Crippen LogP contribution in [0.1, 0.15) is 323 Å². The van der Waals surface area contributed by atoms with E-state index in [1.165, 1.54) is 251 Å². The third kappa shape index (κ3) is 92.3. The van der Waals surface area contributed by atoms with Crippen LogP contribution in [0.4, 0.5) is 0 Å². The summed E-state index contributed by atoms with van der Waals surface area (Å²) in [6.07, 6.45) is 54.5. The molecule has 3 heteroatoms. The van der Waals surface area contributed by atoms with Gasteiger partial charge in [0.25, 0.3) is 0 Å². The molecule has 0 unspecified atom stereocenters. The maximum absolute atomic E-state index is 8.00. The van der Waals surface area contributed by atoms with Crippen molar-refractivity contribution in [3.8, 4) is 0 Å². The molecule has 57 heavy (non-hydrogen) atoms. The third-order valence-electron chi connectivity index (χ3n) is 10.4. The van der Waals surface area contributed by atoms with E-state index in [-0.39, 0.29) is 23.7 Å². The Kier molecular flexibility index (Phi) is 108. The third-order valence-corrected chi connectivity index (χ3v) is 10.4. The van der Waals surface area contributed by atoms with Crippen molar-refractivity contribution in [2.75, 3.05) is 19.6 Å². The van der Waals surface area contributed by atoms with E-state index in [4.69, 9.17) is 10.5 Å². The number of carbonyl (C=O) groups is 1. The fraction of sp³-hybridized carbons (Fsp3) is 0.981. The first-order valence-electron chi connectivity index (χ1n) is 25.3. The van der Waals surface area contributed by atoms with Crippen LogP contribution in [0.15, 0.2) is 0 Å². The average Bonchev–Trinajstić information content (AvgIpc) is 3.19. The molecule has 0 amide bonds. The van der Waals surface area contributed by atoms with Gasteiger partial charge in [-0.15, -0.1) is 0 Å². The summed E-state index contributed by atoms with van der Waals surface area (Å²) in [7, 11) is 0. The van der Waals surface area contributed by atoms with Gasteiger partial charge in [0.15, 0.2) is 0 Å². The topological polar surface area (TPSA) is 55.1 Å². The molecule has 0 heterocycles. The van der Waals surface area contributed by atoms with Gasteiger partial charge in [-0.1, -0.05) is 302 Å². The minimum absolute atomic E-state index is 0. The van der Waals surface area contributed by atoms with Crippen molar-refractivity contribution in [1.82, 2.24) is 5.32 Å². The van der Waals surface area contributed by atoms with Gasteiger partial charge in [-0.25, -0.2) is 0 Å². The molecule has 0 aromatic rings. The zero-order valence-corrected chi connectivity index (χ0v) is 39.8. The van der Waals surface area contributed by atoms with E-state index in [2.05, 4.69) is 60.7 Å². The van der Waals surface area contributed by atoms with Gasteiger partial charge in [-0.05, 0) is 44.8 Å². The fourth-order valence-corrected chi connectivity index (χ4v) is 6.79. The van der Waals surface area contributed by atoms with E-state index >= 15 is 0 Å². The van der Waals surface area contributed by atoms with Crippen molar-refractivity contribution >= 4 is 6.79 Å². The molecule has 0 aliphatic rings. The highest BCUT2D eigenvalue weighted by atomic mass is 16.1. The quantitative estimate of drug-likeness (QED) is 0.0608. The van der Waals surface area contributed by atoms with E-state index in [1.54, 1.807) is 0 Å². The van der Waals surface area contributed by atoms with Crippen molar-refractivity contribution in [3.05, 3.63) is 0 Å². The number of nitrogens with one attached hydrogen (secondary N) is 1. The zero-order valence-electron chi connectivity index (χ0n) is 39.8. The first-order chi connectivity index (χ1) is 26.6. The average molecular weight is 820 g/mol. The summed E-state index contributed by atoms with van der Waals surface area (Å²) in [5, 5.41) is 3.66. The second-order valence-electron chi connectivity index (χ2n) is 16.4. The summed E-state index contributed by atoms with van der Waals surface area (Å²) in [4.78, 5) is 8.00. The lowest BCUT2D eigenvalue weighted by Gasteiger charge is -2.17. The summed E-state index contributed by atoms with van der Waals surface area (Å²) in [6.45, 7) is 23.1. The smallest absolute Gasteiger partial charge is 0.106 e. The monoisotopic (exact) mass is 819 g/mol. The lowest BCUT2D eigenvalue weighted by molar-refractivity contribution is -0.0980. The van der Waals surface area contributed by atoms with Crippen molar-refractivity contribution < 1.29 is 6.22 Å². The fourth-order valence-electron chi connectivity index (χ4n) is 6.79. The summed E-state index contributed by atoms with van der Waals surface area (Å²) < 4.78 is 0. The molecule has 0 aliphatic heterocycles. The first kappa shape index (κ1) is 74.1. The molecule has 0 bridgehead atoms. The Morgan fingerprint density at radius 1 is 0.351 bits per heavy atom. The number of rotatable bonds is 39. The first-order valence-corrected chi connectivity index (χ1v) is 25.3. The van der Waals surface area contributed by atoms with E-state index in [0.29, 0.717) is 0 Å². The number of hydrogen-bond acceptors (Lipinski definition) is 3. The largest absolute Gasteiger partial charge is 0.330 e. The van der Waals surface area contributed by atoms with Crippen LogP contribution in [0, 0.1) is 5.92 Å². The molecule has 0 aliphatic carbocycles. The molecule has 0 radical (unpaired) electrons. The Balaban J connectivity index is -0.000000130. The van der Waals surface area contributed by atoms with Gasteiger partial charge in [0.2, 0.25) is 0 Å². The predicted octanol–water partition coefficient (Wildman–Crippen LogP) is 20.1. The summed E-state index contributed by atoms with van der Waals surface area (Å²) in [5.74, 6) is 1.03. The lowest BCUT2D eigenvalue weighted by Crippen LogP contribution is -2.16. The molecule has 0 fully saturated rings. The van der Waals surface area contributed by atoms with Gasteiger partial charge in [0, 0.05) is 1.43 Å². The molecule has 0 saturated carbocycles. The Morgan fingerprint density at radius 3 is 0.719 bits per heavy atom. The minimum atomic E-state index is 0. The molecular weight excluding hydrogens is 693 g/mol. The van der Waals surface area contributed by atoms with Crippen LogP contribution in [-0.2, 0) is 4.79 Å². The highest BCUT2D eigenvalue weighted by Crippen LogP contribution is 2.25. The predicted molar refractivity (Wildman–Crippen MR) is 276 cm³/mol. The van der Waals surface area contributed by atoms with Gasteiger partial charge in [-0.2, -0.15) is 0 Å². The molecule has 358 valence electrons. The zero-order chi connectivity index (χ0) is 41.3. The molecular formula is C54H126N2O. The van der Waals surface area contributed by atoms with E-state index in [1.807, 2.05) is 6.79 Å². The SMILES string of the molecule is C.C.C.C=O.CCC.CCCCCCCCC.CCCCCCCCNCCCCCCCCCCC(CCCCCCCC)CCCCCCCC.CCCN.[HH]. The van der Waals surface area contributed by atoms with Crippen molar-refractivity contribution in [1.29, 1.82) is 0 Å². The Bertz CT molecular complexity index is 511. The van der Waals surface area contributed by atoms with E-state index in [9.17, 15) is 0 Å². The molecule has 0 saturated heterocycles. The number of hydrogen-bond donors (Lipinski definition) is 2. The Labute approximate surface area is 370 Å². The van der Waals surface area contributed by atoms with E-state index < -0.39 is 0 Å². The van der Waals surface area contributed by atoms with Gasteiger partial charge >= 0.3 is 0 Å². The second kappa shape index (κ2) is 83.3. The molecule has 0 atom stereocenters. The molecule has 0 aromatic carbocycles. The minimum Gasteiger partial charge on any atom is -0.330 e. The van der Waals surface area contributed by atoms with Crippen LogP contribution in [0.2, 0.25) is 0 Å². The molecule has 0 rings (SSSR count). The molecule has 0 spiro atoms. The Hall–Kier alpha value is -0.410. The van der Waals surface area contributed by atoms with Crippen LogP contribution in [0.3, 0.4) is 0 Å². The maximum Gasteiger partial charge on any atom is 0.106 e. The highest BCUT2D eigenvalue weighted by Gasteiger charge is 2.09. The molecule has 3 nitrogen and oxygen atoms in total. The number of carbonyl (C=O) groups excluding carboxylic acids is 1. The number of nitrogens with two attached hydrogens (primary N) is 1. The maximum atomic E-state index is 8.00. The summed E-state index contributed by atoms with van der Waals surface area (Å²) in [5.41, 5.74) is 5.03. The van der Waals surface area contributed by atoms with Gasteiger partial charge in [0.05, 0.1) is 0 Å². The van der Waals surface area contributed by atoms with Crippen LogP contribution >= 0.6 is 0 Å². The standard InChI is InChI=1S/C35H73N.C9H20.C3H9N.C3H8.CH2O.3CH4.H2/c1-4-7-10-13-20-25-30-35(31-26-21-14-11-8-5-2)32-27-22-18-16-17-19-24-29-34-36-33-28-23-15-12-9-6-3;1-3-5-7-9-8-6-4-2;1-2-3-4;1-3-2;1-2;;;;/h35-36H,4-34H2,1-3H3;3-9H2,1-2H3;2-4H2,1H3;3H2,1-2H3;1H2;3*1H4;1H. The van der Waals surface area contributed by atoms with Gasteiger partial charge < -0.3 is 15.8 Å². The van der Waals surface area contributed by atoms with Crippen LogP contribution in [-0.4, -0.2) is 26.4 Å². The molecule has 0 aromatic heterocycles. The lowest BCUT2D eigenvalue weighted by atomic mass is 9.89. The van der Waals surface area contributed by atoms with Crippen LogP contribution in [0.25, 0.3) is 0 Å². The summed E-state index contributed by atoms with van der Waals surface area (Å²) in [6, 6.07) is 0. The van der Waals surface area contributed by atoms with E-state index in [0.717, 1.165) is 18.9 Å². The highest BCUT2D eigenvalue weighted by molar-refractivity contribution is 5.11. The van der Waals surface area contributed by atoms with Crippen molar-refractivity contribution in [3.63, 3.8) is 0 Å². The van der Waals surface area contributed by atoms with Crippen molar-refractivity contribution in [2.45, 2.75) is 322 Å². The molecule has 3 N–H and O–H groups in total. The Morgan fingerprint density at radius 2 is 0.526 bits per heavy atom. The van der Waals surface area contributed by atoms with Gasteiger partial charge in [-0.3, -0.25) is 0 Å². The second-order valence-corrected chi connectivity index (χ2v) is 16.4. The van der Waals surface area contributed by atoms with Gasteiger partial charge in [0.1, 0.15) is 6.79 Å². The van der Waals surface area contributed by atoms with Crippen LogP contribution in [0.5, 0.6) is 0 Å². The van der Waals surface area contributed by atoms with Crippen LogP contribution < -0.4 is 11.1 Å². The normalized spacial score (nSPS) is 9.86. The van der Waals surface area contributed by atoms with Crippen molar-refractivity contribution in [2.24, 2.45) is 11.7 Å².